The zero-order valence-corrected chi connectivity index (χ0v) is 28.6. The van der Waals surface area contributed by atoms with E-state index < -0.39 is 0 Å². The average Bonchev–Trinajstić information content (AvgIpc) is 3.67. The number of fused-ring (bicyclic) bond motifs is 8. The number of anilines is 3. The first kappa shape index (κ1) is 29.5. The van der Waals surface area contributed by atoms with Crippen LogP contribution in [0.1, 0.15) is 25.0 Å². The molecular weight excluding hydrogens is 619 g/mol. The van der Waals surface area contributed by atoms with Crippen LogP contribution in [0.25, 0.3) is 66.1 Å². The zero-order valence-electron chi connectivity index (χ0n) is 28.6. The molecular formula is C49H35NO. The predicted molar refractivity (Wildman–Crippen MR) is 214 cm³/mol. The summed E-state index contributed by atoms with van der Waals surface area (Å²) in [6.07, 6.45) is 0. The van der Waals surface area contributed by atoms with Crippen LogP contribution in [-0.4, -0.2) is 0 Å². The monoisotopic (exact) mass is 653 g/mol. The summed E-state index contributed by atoms with van der Waals surface area (Å²) in [6.45, 7) is 4.67. The molecule has 0 bridgehead atoms. The maximum atomic E-state index is 6.41. The molecule has 0 saturated heterocycles. The van der Waals surface area contributed by atoms with Gasteiger partial charge in [0.05, 0.1) is 0 Å². The highest BCUT2D eigenvalue weighted by atomic mass is 16.3. The summed E-state index contributed by atoms with van der Waals surface area (Å²) in [6, 6.07) is 63.6. The fraction of sp³-hybridized carbons (Fsp3) is 0.0612. The van der Waals surface area contributed by atoms with Gasteiger partial charge in [-0.1, -0.05) is 141 Å². The van der Waals surface area contributed by atoms with E-state index in [4.69, 9.17) is 4.42 Å². The molecule has 0 amide bonds. The maximum Gasteiger partial charge on any atom is 0.136 e. The molecule has 51 heavy (non-hydrogen) atoms. The fourth-order valence-electron chi connectivity index (χ4n) is 8.35. The summed E-state index contributed by atoms with van der Waals surface area (Å²) >= 11 is 0. The highest BCUT2D eigenvalue weighted by Crippen LogP contribution is 2.51. The van der Waals surface area contributed by atoms with Crippen molar-refractivity contribution in [1.29, 1.82) is 0 Å². The van der Waals surface area contributed by atoms with Gasteiger partial charge in [0.15, 0.2) is 0 Å². The Kier molecular flexibility index (Phi) is 6.56. The molecule has 0 saturated carbocycles. The van der Waals surface area contributed by atoms with Gasteiger partial charge in [-0.15, -0.1) is 0 Å². The largest absolute Gasteiger partial charge is 0.456 e. The van der Waals surface area contributed by atoms with Crippen LogP contribution in [0.5, 0.6) is 0 Å². The van der Waals surface area contributed by atoms with E-state index in [1.807, 2.05) is 6.07 Å². The van der Waals surface area contributed by atoms with Gasteiger partial charge in [-0.05, 0) is 104 Å². The second-order valence-electron chi connectivity index (χ2n) is 14.1. The minimum absolute atomic E-state index is 0.0437. The molecule has 1 aliphatic carbocycles. The van der Waals surface area contributed by atoms with Crippen molar-refractivity contribution in [2.75, 3.05) is 4.90 Å². The summed E-state index contributed by atoms with van der Waals surface area (Å²) in [7, 11) is 0. The van der Waals surface area contributed by atoms with Gasteiger partial charge in [-0.25, -0.2) is 0 Å². The Balaban J connectivity index is 1.11. The van der Waals surface area contributed by atoms with E-state index >= 15 is 0 Å². The zero-order chi connectivity index (χ0) is 34.1. The lowest BCUT2D eigenvalue weighted by atomic mass is 9.82. The van der Waals surface area contributed by atoms with Gasteiger partial charge in [0, 0.05) is 33.2 Å². The Labute approximate surface area is 297 Å². The van der Waals surface area contributed by atoms with Crippen LogP contribution in [0.2, 0.25) is 0 Å². The number of hydrogen-bond donors (Lipinski definition) is 0. The second kappa shape index (κ2) is 11.3. The molecule has 1 heterocycles. The van der Waals surface area contributed by atoms with E-state index in [0.717, 1.165) is 39.2 Å². The number of furan rings is 1. The third-order valence-corrected chi connectivity index (χ3v) is 10.9. The molecule has 2 nitrogen and oxygen atoms in total. The second-order valence-corrected chi connectivity index (χ2v) is 14.1. The Morgan fingerprint density at radius 1 is 0.392 bits per heavy atom. The number of nitrogens with zero attached hydrogens (tertiary/aromatic N) is 1. The maximum absolute atomic E-state index is 6.41. The normalized spacial score (nSPS) is 13.1. The smallest absolute Gasteiger partial charge is 0.136 e. The number of hydrogen-bond acceptors (Lipinski definition) is 2. The summed E-state index contributed by atoms with van der Waals surface area (Å²) in [5.74, 6) is 0. The lowest BCUT2D eigenvalue weighted by Gasteiger charge is -2.27. The molecule has 2 heteroatoms. The van der Waals surface area contributed by atoms with Crippen molar-refractivity contribution < 1.29 is 4.42 Å². The third kappa shape index (κ3) is 4.64. The standard InChI is InChI=1S/C49H35NO/c1-49(2)44-18-10-8-15-39(44)43-30-37(28-29-45(43)49)50(35-24-20-33(21-25-35)32-12-4-3-5-13-32)36-26-22-34(23-27-36)42-31-47-48(40-16-7-6-14-38(40)42)41-17-9-11-19-46(41)51-47/h3-31H,1-2H3. The Bertz CT molecular complexity index is 2750. The average molecular weight is 654 g/mol. The molecule has 242 valence electrons. The number of para-hydroxylation sites is 1. The summed E-state index contributed by atoms with van der Waals surface area (Å²) < 4.78 is 6.41. The van der Waals surface area contributed by atoms with Crippen LogP contribution < -0.4 is 4.90 Å². The molecule has 0 radical (unpaired) electrons. The van der Waals surface area contributed by atoms with Gasteiger partial charge in [0.25, 0.3) is 0 Å². The van der Waals surface area contributed by atoms with Crippen molar-refractivity contribution in [3.05, 3.63) is 187 Å². The predicted octanol–water partition coefficient (Wildman–Crippen LogP) is 13.8. The molecule has 0 atom stereocenters. The third-order valence-electron chi connectivity index (χ3n) is 10.9. The van der Waals surface area contributed by atoms with Crippen LogP contribution >= 0.6 is 0 Å². The van der Waals surface area contributed by atoms with E-state index in [1.54, 1.807) is 0 Å². The quantitative estimate of drug-likeness (QED) is 0.184. The molecule has 1 aromatic heterocycles. The van der Waals surface area contributed by atoms with Crippen molar-refractivity contribution in [3.8, 4) is 33.4 Å². The van der Waals surface area contributed by atoms with E-state index in [9.17, 15) is 0 Å². The lowest BCUT2D eigenvalue weighted by Crippen LogP contribution is -2.15. The summed E-state index contributed by atoms with van der Waals surface area (Å²) in [5.41, 5.74) is 15.3. The first-order chi connectivity index (χ1) is 25.0. The van der Waals surface area contributed by atoms with Crippen molar-refractivity contribution in [2.45, 2.75) is 19.3 Å². The van der Waals surface area contributed by atoms with E-state index in [2.05, 4.69) is 189 Å². The molecule has 10 rings (SSSR count). The molecule has 9 aromatic rings. The molecule has 1 aliphatic rings. The highest BCUT2D eigenvalue weighted by Gasteiger charge is 2.35. The lowest BCUT2D eigenvalue weighted by molar-refractivity contribution is 0.660. The van der Waals surface area contributed by atoms with Gasteiger partial charge < -0.3 is 9.32 Å². The summed E-state index contributed by atoms with van der Waals surface area (Å²) in [4.78, 5) is 2.38. The first-order valence-corrected chi connectivity index (χ1v) is 17.7. The van der Waals surface area contributed by atoms with Crippen molar-refractivity contribution in [2.24, 2.45) is 0 Å². The van der Waals surface area contributed by atoms with E-state index in [-0.39, 0.29) is 5.41 Å². The van der Waals surface area contributed by atoms with Crippen molar-refractivity contribution >= 4 is 49.8 Å². The minimum Gasteiger partial charge on any atom is -0.456 e. The number of rotatable bonds is 5. The van der Waals surface area contributed by atoms with Crippen LogP contribution in [0.3, 0.4) is 0 Å². The van der Waals surface area contributed by atoms with Gasteiger partial charge in [0.1, 0.15) is 11.2 Å². The van der Waals surface area contributed by atoms with Crippen LogP contribution in [-0.2, 0) is 5.41 Å². The van der Waals surface area contributed by atoms with Gasteiger partial charge >= 0.3 is 0 Å². The molecule has 0 aliphatic heterocycles. The topological polar surface area (TPSA) is 16.4 Å². The van der Waals surface area contributed by atoms with Crippen molar-refractivity contribution in [3.63, 3.8) is 0 Å². The van der Waals surface area contributed by atoms with Crippen LogP contribution in [0.15, 0.2) is 180 Å². The fourth-order valence-corrected chi connectivity index (χ4v) is 8.35. The van der Waals surface area contributed by atoms with Gasteiger partial charge in [-0.2, -0.15) is 0 Å². The molecule has 8 aromatic carbocycles. The Morgan fingerprint density at radius 3 is 1.73 bits per heavy atom. The Hall–Kier alpha value is -6.38. The first-order valence-electron chi connectivity index (χ1n) is 17.7. The SMILES string of the molecule is CC1(C)c2ccccc2-c2cc(N(c3ccc(-c4ccccc4)cc3)c3ccc(-c4cc5oc6ccccc6c5c5ccccc45)cc3)ccc21. The molecule has 0 spiro atoms. The summed E-state index contributed by atoms with van der Waals surface area (Å²) in [5, 5.41) is 4.76. The van der Waals surface area contributed by atoms with E-state index in [1.165, 1.54) is 55.1 Å². The van der Waals surface area contributed by atoms with Gasteiger partial charge in [-0.3, -0.25) is 0 Å². The molecule has 0 fully saturated rings. The van der Waals surface area contributed by atoms with E-state index in [0.29, 0.717) is 0 Å². The van der Waals surface area contributed by atoms with Crippen LogP contribution in [0.4, 0.5) is 17.1 Å². The van der Waals surface area contributed by atoms with Crippen LogP contribution in [0, 0.1) is 0 Å². The number of benzene rings is 8. The highest BCUT2D eigenvalue weighted by molar-refractivity contribution is 6.22. The van der Waals surface area contributed by atoms with Gasteiger partial charge in [0.2, 0.25) is 0 Å². The molecule has 0 unspecified atom stereocenters. The van der Waals surface area contributed by atoms with Crippen molar-refractivity contribution in [1.82, 2.24) is 0 Å². The Morgan fingerprint density at radius 2 is 0.961 bits per heavy atom. The minimum atomic E-state index is -0.0437. The molecule has 0 N–H and O–H groups in total.